The first kappa shape index (κ1) is 14.0. The zero-order valence-corrected chi connectivity index (χ0v) is 12.4. The van der Waals surface area contributed by atoms with Crippen LogP contribution in [0.5, 0.6) is 0 Å². The third-order valence-corrected chi connectivity index (χ3v) is 4.19. The van der Waals surface area contributed by atoms with Crippen molar-refractivity contribution in [1.29, 1.82) is 0 Å². The van der Waals surface area contributed by atoms with Crippen LogP contribution in [0.1, 0.15) is 18.4 Å². The second-order valence-corrected chi connectivity index (χ2v) is 5.88. The van der Waals surface area contributed by atoms with Gasteiger partial charge in [-0.3, -0.25) is 0 Å². The summed E-state index contributed by atoms with van der Waals surface area (Å²) in [6.07, 6.45) is 2.68. The van der Waals surface area contributed by atoms with Gasteiger partial charge in [-0.05, 0) is 50.7 Å². The maximum Gasteiger partial charge on any atom is 0.124 e. The standard InChI is InChI=1S/C14H20BrFN2/c1-17(8-9-18-6-2-3-7-18)11-12-4-5-13(16)10-14(12)15/h4-5,10H,2-3,6-9,11H2,1H3. The van der Waals surface area contributed by atoms with E-state index in [0.717, 1.165) is 29.7 Å². The minimum absolute atomic E-state index is 0.189. The molecular weight excluding hydrogens is 295 g/mol. The molecule has 0 unspecified atom stereocenters. The van der Waals surface area contributed by atoms with Crippen LogP contribution < -0.4 is 0 Å². The molecule has 18 heavy (non-hydrogen) atoms. The Hall–Kier alpha value is -0.450. The molecule has 100 valence electrons. The first-order chi connectivity index (χ1) is 8.65. The molecule has 0 N–H and O–H groups in total. The zero-order chi connectivity index (χ0) is 13.0. The van der Waals surface area contributed by atoms with E-state index in [1.165, 1.54) is 38.1 Å². The molecule has 2 rings (SSSR count). The fourth-order valence-electron chi connectivity index (χ4n) is 2.34. The molecule has 1 heterocycles. The van der Waals surface area contributed by atoms with Crippen LogP contribution in [0.2, 0.25) is 0 Å². The molecule has 1 aliphatic rings. The molecule has 1 fully saturated rings. The first-order valence-electron chi connectivity index (χ1n) is 6.50. The summed E-state index contributed by atoms with van der Waals surface area (Å²) >= 11 is 3.42. The molecule has 1 aromatic carbocycles. The van der Waals surface area contributed by atoms with E-state index in [2.05, 4.69) is 32.8 Å². The van der Waals surface area contributed by atoms with E-state index in [-0.39, 0.29) is 5.82 Å². The quantitative estimate of drug-likeness (QED) is 0.824. The van der Waals surface area contributed by atoms with Crippen molar-refractivity contribution in [2.75, 3.05) is 33.2 Å². The van der Waals surface area contributed by atoms with Crippen molar-refractivity contribution in [1.82, 2.24) is 9.80 Å². The van der Waals surface area contributed by atoms with Gasteiger partial charge in [-0.1, -0.05) is 22.0 Å². The third-order valence-electron chi connectivity index (χ3n) is 3.45. The van der Waals surface area contributed by atoms with E-state index < -0.39 is 0 Å². The Balaban J connectivity index is 1.80. The minimum Gasteiger partial charge on any atom is -0.302 e. The summed E-state index contributed by atoms with van der Waals surface area (Å²) in [7, 11) is 2.12. The summed E-state index contributed by atoms with van der Waals surface area (Å²) in [5.41, 5.74) is 1.14. The lowest BCUT2D eigenvalue weighted by Gasteiger charge is -2.21. The summed E-state index contributed by atoms with van der Waals surface area (Å²) < 4.78 is 13.8. The van der Waals surface area contributed by atoms with E-state index in [9.17, 15) is 4.39 Å². The van der Waals surface area contributed by atoms with Gasteiger partial charge in [0, 0.05) is 24.1 Å². The number of hydrogen-bond donors (Lipinski definition) is 0. The number of nitrogens with zero attached hydrogens (tertiary/aromatic N) is 2. The van der Waals surface area contributed by atoms with Gasteiger partial charge >= 0.3 is 0 Å². The molecule has 1 aromatic rings. The highest BCUT2D eigenvalue weighted by molar-refractivity contribution is 9.10. The maximum atomic E-state index is 13.0. The van der Waals surface area contributed by atoms with Gasteiger partial charge in [0.25, 0.3) is 0 Å². The van der Waals surface area contributed by atoms with Gasteiger partial charge in [0.1, 0.15) is 5.82 Å². The molecular formula is C14H20BrFN2. The number of benzene rings is 1. The predicted molar refractivity (Wildman–Crippen MR) is 76.1 cm³/mol. The van der Waals surface area contributed by atoms with E-state index in [4.69, 9.17) is 0 Å². The van der Waals surface area contributed by atoms with E-state index in [0.29, 0.717) is 0 Å². The van der Waals surface area contributed by atoms with Gasteiger partial charge in [0.15, 0.2) is 0 Å². The summed E-state index contributed by atoms with van der Waals surface area (Å²) in [5, 5.41) is 0. The van der Waals surface area contributed by atoms with Gasteiger partial charge < -0.3 is 9.80 Å². The highest BCUT2D eigenvalue weighted by atomic mass is 79.9. The van der Waals surface area contributed by atoms with Crippen LogP contribution >= 0.6 is 15.9 Å². The van der Waals surface area contributed by atoms with Crippen molar-refractivity contribution < 1.29 is 4.39 Å². The fraction of sp³-hybridized carbons (Fsp3) is 0.571. The molecule has 1 saturated heterocycles. The lowest BCUT2D eigenvalue weighted by molar-refractivity contribution is 0.252. The Bertz CT molecular complexity index is 391. The van der Waals surface area contributed by atoms with Crippen LogP contribution in [-0.2, 0) is 6.54 Å². The molecule has 2 nitrogen and oxygen atoms in total. The molecule has 1 aliphatic heterocycles. The second kappa shape index (κ2) is 6.64. The molecule has 0 spiro atoms. The monoisotopic (exact) mass is 314 g/mol. The average Bonchev–Trinajstić information content (AvgIpc) is 2.83. The second-order valence-electron chi connectivity index (χ2n) is 5.02. The third kappa shape index (κ3) is 4.04. The number of hydrogen-bond acceptors (Lipinski definition) is 2. The van der Waals surface area contributed by atoms with Gasteiger partial charge in [-0.25, -0.2) is 4.39 Å². The molecule has 0 saturated carbocycles. The Morgan fingerprint density at radius 2 is 2.06 bits per heavy atom. The number of likely N-dealkylation sites (tertiary alicyclic amines) is 1. The molecule has 0 bridgehead atoms. The molecule has 0 aromatic heterocycles. The molecule has 0 radical (unpaired) electrons. The summed E-state index contributed by atoms with van der Waals surface area (Å²) in [6.45, 7) is 5.54. The van der Waals surface area contributed by atoms with Crippen molar-refractivity contribution in [2.24, 2.45) is 0 Å². The Kier molecular flexibility index (Phi) is 5.15. The van der Waals surface area contributed by atoms with Crippen LogP contribution in [0, 0.1) is 5.82 Å². The summed E-state index contributed by atoms with van der Waals surface area (Å²) in [4.78, 5) is 4.80. The van der Waals surface area contributed by atoms with Gasteiger partial charge in [0.2, 0.25) is 0 Å². The molecule has 0 aliphatic carbocycles. The van der Waals surface area contributed by atoms with Gasteiger partial charge in [-0.15, -0.1) is 0 Å². The Labute approximate surface area is 117 Å². The van der Waals surface area contributed by atoms with E-state index >= 15 is 0 Å². The fourth-order valence-corrected chi connectivity index (χ4v) is 2.81. The molecule has 0 atom stereocenters. The maximum absolute atomic E-state index is 13.0. The van der Waals surface area contributed by atoms with Crippen LogP contribution in [0.4, 0.5) is 4.39 Å². The van der Waals surface area contributed by atoms with E-state index in [1.807, 2.05) is 6.07 Å². The highest BCUT2D eigenvalue weighted by Crippen LogP contribution is 2.19. The minimum atomic E-state index is -0.189. The summed E-state index contributed by atoms with van der Waals surface area (Å²) in [6, 6.07) is 4.91. The van der Waals surface area contributed by atoms with Gasteiger partial charge in [-0.2, -0.15) is 0 Å². The smallest absolute Gasteiger partial charge is 0.124 e. The Morgan fingerprint density at radius 3 is 2.72 bits per heavy atom. The van der Waals surface area contributed by atoms with Crippen LogP contribution in [0.15, 0.2) is 22.7 Å². The molecule has 0 amide bonds. The number of halogens is 2. The first-order valence-corrected chi connectivity index (χ1v) is 7.29. The van der Waals surface area contributed by atoms with E-state index in [1.54, 1.807) is 0 Å². The van der Waals surface area contributed by atoms with Crippen molar-refractivity contribution in [3.05, 3.63) is 34.1 Å². The van der Waals surface area contributed by atoms with Crippen LogP contribution in [0.3, 0.4) is 0 Å². The average molecular weight is 315 g/mol. The van der Waals surface area contributed by atoms with Crippen LogP contribution in [0.25, 0.3) is 0 Å². The van der Waals surface area contributed by atoms with Crippen molar-refractivity contribution >= 4 is 15.9 Å². The highest BCUT2D eigenvalue weighted by Gasteiger charge is 2.12. The molecule has 4 heteroatoms. The Morgan fingerprint density at radius 1 is 1.33 bits per heavy atom. The normalized spacial score (nSPS) is 16.7. The topological polar surface area (TPSA) is 6.48 Å². The lowest BCUT2D eigenvalue weighted by atomic mass is 10.2. The van der Waals surface area contributed by atoms with Gasteiger partial charge in [0.05, 0.1) is 0 Å². The zero-order valence-electron chi connectivity index (χ0n) is 10.8. The largest absolute Gasteiger partial charge is 0.302 e. The van der Waals surface area contributed by atoms with Crippen LogP contribution in [-0.4, -0.2) is 43.0 Å². The number of rotatable bonds is 5. The number of likely N-dealkylation sites (N-methyl/N-ethyl adjacent to an activating group) is 1. The van der Waals surface area contributed by atoms with Crippen molar-refractivity contribution in [3.63, 3.8) is 0 Å². The van der Waals surface area contributed by atoms with Crippen molar-refractivity contribution in [3.8, 4) is 0 Å². The lowest BCUT2D eigenvalue weighted by Crippen LogP contribution is -2.31. The predicted octanol–water partition coefficient (Wildman–Crippen LogP) is 3.12. The SMILES string of the molecule is CN(CCN1CCCC1)Cc1ccc(F)cc1Br. The van der Waals surface area contributed by atoms with Crippen molar-refractivity contribution in [2.45, 2.75) is 19.4 Å². The summed E-state index contributed by atoms with van der Waals surface area (Å²) in [5.74, 6) is -0.189.